The second-order valence-corrected chi connectivity index (χ2v) is 8.31. The van der Waals surface area contributed by atoms with Gasteiger partial charge in [-0.15, -0.1) is 0 Å². The van der Waals surface area contributed by atoms with Gasteiger partial charge < -0.3 is 0 Å². The summed E-state index contributed by atoms with van der Waals surface area (Å²) >= 11 is 6.44. The van der Waals surface area contributed by atoms with Crippen LogP contribution >= 0.6 is 11.6 Å². The van der Waals surface area contributed by atoms with Crippen LogP contribution in [-0.4, -0.2) is 5.78 Å². The maximum atomic E-state index is 11.4. The second kappa shape index (κ2) is 5.18. The molecule has 1 aromatic carbocycles. The summed E-state index contributed by atoms with van der Waals surface area (Å²) in [6, 6.07) is 5.80. The highest BCUT2D eigenvalue weighted by atomic mass is 35.5. The van der Waals surface area contributed by atoms with E-state index in [4.69, 9.17) is 11.6 Å². The minimum atomic E-state index is 0.0720. The minimum absolute atomic E-state index is 0.0720. The third kappa shape index (κ3) is 3.44. The van der Waals surface area contributed by atoms with Crippen LogP contribution in [0.2, 0.25) is 5.02 Å². The Morgan fingerprint density at radius 1 is 1.15 bits per heavy atom. The summed E-state index contributed by atoms with van der Waals surface area (Å²) in [5.74, 6) is 0.560. The van der Waals surface area contributed by atoms with Crippen LogP contribution in [0.5, 0.6) is 0 Å². The van der Waals surface area contributed by atoms with E-state index in [0.29, 0.717) is 22.3 Å². The number of rotatable bonds is 2. The lowest BCUT2D eigenvalue weighted by atomic mass is 9.60. The molecule has 1 aliphatic rings. The van der Waals surface area contributed by atoms with Crippen LogP contribution < -0.4 is 0 Å². The number of ketones is 1. The lowest BCUT2D eigenvalue weighted by molar-refractivity contribution is 0.0966. The molecule has 0 unspecified atom stereocenters. The van der Waals surface area contributed by atoms with E-state index in [1.165, 1.54) is 12.0 Å². The molecule has 0 N–H and O–H groups in total. The predicted octanol–water partition coefficient (Wildman–Crippen LogP) is 5.86. The Hall–Kier alpha value is -0.820. The molecular formula is C18H25ClO. The van der Waals surface area contributed by atoms with Crippen molar-refractivity contribution >= 4 is 17.4 Å². The molecular weight excluding hydrogens is 268 g/mol. The normalized spacial score (nSPS) is 21.7. The van der Waals surface area contributed by atoms with Crippen LogP contribution in [0.1, 0.15) is 75.7 Å². The standard InChI is InChI=1S/C18H25ClO/c1-12(20)13-6-7-15(16(19)8-13)14-9-17(2,3)11-18(4,5)10-14/h6-8,14H,9-11H2,1-5H3. The SMILES string of the molecule is CC(=O)c1ccc(C2CC(C)(C)CC(C)(C)C2)c(Cl)c1. The van der Waals surface area contributed by atoms with Gasteiger partial charge in [0.1, 0.15) is 0 Å². The Kier molecular flexibility index (Phi) is 4.03. The molecule has 0 heterocycles. The first-order valence-electron chi connectivity index (χ1n) is 7.40. The van der Waals surface area contributed by atoms with E-state index in [-0.39, 0.29) is 5.78 Å². The fourth-order valence-corrected chi connectivity index (χ4v) is 4.48. The molecule has 1 fully saturated rings. The maximum absolute atomic E-state index is 11.4. The van der Waals surface area contributed by atoms with Crippen molar-refractivity contribution in [2.45, 2.75) is 59.8 Å². The van der Waals surface area contributed by atoms with Crippen LogP contribution in [0.3, 0.4) is 0 Å². The molecule has 1 saturated carbocycles. The van der Waals surface area contributed by atoms with Gasteiger partial charge in [-0.2, -0.15) is 0 Å². The van der Waals surface area contributed by atoms with Crippen molar-refractivity contribution in [1.82, 2.24) is 0 Å². The molecule has 20 heavy (non-hydrogen) atoms. The molecule has 0 saturated heterocycles. The van der Waals surface area contributed by atoms with E-state index >= 15 is 0 Å². The van der Waals surface area contributed by atoms with Crippen molar-refractivity contribution in [1.29, 1.82) is 0 Å². The molecule has 0 amide bonds. The zero-order chi connectivity index (χ0) is 15.1. The molecule has 0 atom stereocenters. The summed E-state index contributed by atoms with van der Waals surface area (Å²) in [6.07, 6.45) is 3.57. The van der Waals surface area contributed by atoms with E-state index < -0.39 is 0 Å². The van der Waals surface area contributed by atoms with Crippen molar-refractivity contribution < 1.29 is 4.79 Å². The quantitative estimate of drug-likeness (QED) is 0.624. The largest absolute Gasteiger partial charge is 0.295 e. The van der Waals surface area contributed by atoms with Gasteiger partial charge in [0.05, 0.1) is 0 Å². The van der Waals surface area contributed by atoms with Crippen LogP contribution in [0.25, 0.3) is 0 Å². The monoisotopic (exact) mass is 292 g/mol. The van der Waals surface area contributed by atoms with Crippen molar-refractivity contribution in [3.63, 3.8) is 0 Å². The fourth-order valence-electron chi connectivity index (χ4n) is 4.14. The zero-order valence-corrected chi connectivity index (χ0v) is 14.0. The van der Waals surface area contributed by atoms with Gasteiger partial charge in [-0.1, -0.05) is 51.4 Å². The highest BCUT2D eigenvalue weighted by Gasteiger charge is 2.39. The molecule has 2 rings (SSSR count). The Balaban J connectivity index is 2.34. The van der Waals surface area contributed by atoms with Gasteiger partial charge in [0.2, 0.25) is 0 Å². The number of benzene rings is 1. The number of carbonyl (C=O) groups excluding carboxylic acids is 1. The highest BCUT2D eigenvalue weighted by Crippen LogP contribution is 2.52. The van der Waals surface area contributed by atoms with Gasteiger partial charge in [0.15, 0.2) is 5.78 Å². The van der Waals surface area contributed by atoms with Crippen molar-refractivity contribution in [2.75, 3.05) is 0 Å². The smallest absolute Gasteiger partial charge is 0.159 e. The molecule has 0 radical (unpaired) electrons. The lowest BCUT2D eigenvalue weighted by Gasteiger charge is -2.45. The Labute approximate surface area is 127 Å². The third-order valence-corrected chi connectivity index (χ3v) is 4.73. The number of halogens is 1. The summed E-state index contributed by atoms with van der Waals surface area (Å²) in [5, 5.41) is 0.746. The number of hydrogen-bond acceptors (Lipinski definition) is 1. The molecule has 1 aromatic rings. The number of Topliss-reactive ketones (excluding diaryl/α,β-unsaturated/α-hetero) is 1. The van der Waals surface area contributed by atoms with Crippen LogP contribution in [0, 0.1) is 10.8 Å². The topological polar surface area (TPSA) is 17.1 Å². The number of hydrogen-bond donors (Lipinski definition) is 0. The summed E-state index contributed by atoms with van der Waals surface area (Å²) in [7, 11) is 0. The molecule has 110 valence electrons. The van der Waals surface area contributed by atoms with Crippen molar-refractivity contribution in [2.24, 2.45) is 10.8 Å². The maximum Gasteiger partial charge on any atom is 0.159 e. The van der Waals surface area contributed by atoms with Crippen molar-refractivity contribution in [3.8, 4) is 0 Å². The van der Waals surface area contributed by atoms with E-state index in [2.05, 4.69) is 33.8 Å². The second-order valence-electron chi connectivity index (χ2n) is 7.90. The Morgan fingerprint density at radius 3 is 2.15 bits per heavy atom. The van der Waals surface area contributed by atoms with Gasteiger partial charge in [0, 0.05) is 10.6 Å². The van der Waals surface area contributed by atoms with E-state index in [0.717, 1.165) is 17.9 Å². The van der Waals surface area contributed by atoms with Gasteiger partial charge >= 0.3 is 0 Å². The first-order chi connectivity index (χ1) is 9.10. The predicted molar refractivity (Wildman–Crippen MR) is 85.6 cm³/mol. The molecule has 0 aliphatic heterocycles. The first kappa shape index (κ1) is 15.6. The average Bonchev–Trinajstić information content (AvgIpc) is 2.24. The molecule has 1 nitrogen and oxygen atoms in total. The van der Waals surface area contributed by atoms with Crippen LogP contribution in [0.4, 0.5) is 0 Å². The minimum Gasteiger partial charge on any atom is -0.295 e. The van der Waals surface area contributed by atoms with Gasteiger partial charge in [0.25, 0.3) is 0 Å². The molecule has 2 heteroatoms. The summed E-state index contributed by atoms with van der Waals surface area (Å²) in [4.78, 5) is 11.4. The molecule has 1 aliphatic carbocycles. The Bertz CT molecular complexity index is 512. The van der Waals surface area contributed by atoms with Gasteiger partial charge in [-0.25, -0.2) is 0 Å². The van der Waals surface area contributed by atoms with E-state index in [1.807, 2.05) is 12.1 Å². The first-order valence-corrected chi connectivity index (χ1v) is 7.78. The fraction of sp³-hybridized carbons (Fsp3) is 0.611. The average molecular weight is 293 g/mol. The lowest BCUT2D eigenvalue weighted by Crippen LogP contribution is -2.33. The van der Waals surface area contributed by atoms with E-state index in [1.54, 1.807) is 6.92 Å². The highest BCUT2D eigenvalue weighted by molar-refractivity contribution is 6.31. The summed E-state index contributed by atoms with van der Waals surface area (Å²) in [5.41, 5.74) is 2.59. The summed E-state index contributed by atoms with van der Waals surface area (Å²) < 4.78 is 0. The molecule has 0 spiro atoms. The van der Waals surface area contributed by atoms with E-state index in [9.17, 15) is 4.79 Å². The Morgan fingerprint density at radius 2 is 1.70 bits per heavy atom. The third-order valence-electron chi connectivity index (χ3n) is 4.40. The van der Waals surface area contributed by atoms with Gasteiger partial charge in [-0.05, 0) is 54.6 Å². The van der Waals surface area contributed by atoms with Crippen LogP contribution in [-0.2, 0) is 0 Å². The number of carbonyl (C=O) groups is 1. The zero-order valence-electron chi connectivity index (χ0n) is 13.2. The molecule has 0 bridgehead atoms. The molecule has 0 aromatic heterocycles. The van der Waals surface area contributed by atoms with Crippen molar-refractivity contribution in [3.05, 3.63) is 34.3 Å². The van der Waals surface area contributed by atoms with Crippen LogP contribution in [0.15, 0.2) is 18.2 Å². The summed E-state index contributed by atoms with van der Waals surface area (Å²) in [6.45, 7) is 11.0. The van der Waals surface area contributed by atoms with Gasteiger partial charge in [-0.3, -0.25) is 4.79 Å².